The third kappa shape index (κ3) is 5.82. The highest BCUT2D eigenvalue weighted by Gasteiger charge is 2.05. The fourth-order valence-electron chi connectivity index (χ4n) is 2.85. The van der Waals surface area contributed by atoms with Crippen LogP contribution in [0.15, 0.2) is 60.0 Å². The van der Waals surface area contributed by atoms with Crippen LogP contribution in [0.25, 0.3) is 0 Å². The van der Waals surface area contributed by atoms with E-state index in [9.17, 15) is 4.79 Å². The number of carbonyl (C=O) groups is 1. The fraction of sp³-hybridized carbons (Fsp3) is 0.273. The number of aryl methyl sites for hydroxylation is 1. The first-order chi connectivity index (χ1) is 13.6. The van der Waals surface area contributed by atoms with Crippen molar-refractivity contribution in [2.24, 2.45) is 0 Å². The van der Waals surface area contributed by atoms with Gasteiger partial charge in [-0.25, -0.2) is 9.78 Å². The van der Waals surface area contributed by atoms with E-state index in [1.807, 2.05) is 42.5 Å². The van der Waals surface area contributed by atoms with Crippen LogP contribution in [0.5, 0.6) is 0 Å². The molecule has 1 heterocycles. The van der Waals surface area contributed by atoms with Crippen molar-refractivity contribution in [1.29, 1.82) is 0 Å². The first-order valence-electron chi connectivity index (χ1n) is 9.47. The van der Waals surface area contributed by atoms with Crippen molar-refractivity contribution >= 4 is 28.7 Å². The molecule has 0 saturated heterocycles. The van der Waals surface area contributed by atoms with E-state index in [2.05, 4.69) is 52.0 Å². The summed E-state index contributed by atoms with van der Waals surface area (Å²) in [6, 6.07) is 18.0. The number of rotatable bonds is 8. The Labute approximate surface area is 170 Å². The average Bonchev–Trinajstić information content (AvgIpc) is 3.17. The molecule has 3 aromatic rings. The molecule has 2 aromatic carbocycles. The van der Waals surface area contributed by atoms with Crippen LogP contribution in [0, 0.1) is 0 Å². The van der Waals surface area contributed by atoms with E-state index in [1.165, 1.54) is 5.56 Å². The minimum absolute atomic E-state index is 0.198. The highest BCUT2D eigenvalue weighted by atomic mass is 32.1. The van der Waals surface area contributed by atoms with Gasteiger partial charge in [0, 0.05) is 43.3 Å². The van der Waals surface area contributed by atoms with Crippen LogP contribution >= 0.6 is 11.3 Å². The standard InChI is InChI=1S/C22H26N4OS/c1-3-21-24-19(16-28-21)13-14-23-22(27)25-18-9-11-20(12-10-18)26(2)15-17-7-5-4-6-8-17/h4-12,16H,3,13-15H2,1-2H3,(H2,23,25,27). The number of thiazole rings is 1. The van der Waals surface area contributed by atoms with Crippen molar-refractivity contribution in [3.05, 3.63) is 76.2 Å². The number of benzene rings is 2. The van der Waals surface area contributed by atoms with Gasteiger partial charge >= 0.3 is 6.03 Å². The number of nitrogens with zero attached hydrogens (tertiary/aromatic N) is 2. The molecule has 3 rings (SSSR count). The summed E-state index contributed by atoms with van der Waals surface area (Å²) in [6.45, 7) is 3.50. The third-order valence-corrected chi connectivity index (χ3v) is 5.44. The maximum Gasteiger partial charge on any atom is 0.319 e. The summed E-state index contributed by atoms with van der Waals surface area (Å²) in [7, 11) is 2.06. The van der Waals surface area contributed by atoms with Crippen LogP contribution in [-0.2, 0) is 19.4 Å². The summed E-state index contributed by atoms with van der Waals surface area (Å²) in [6.07, 6.45) is 1.70. The van der Waals surface area contributed by atoms with Crippen molar-refractivity contribution < 1.29 is 4.79 Å². The molecule has 146 valence electrons. The molecule has 0 aliphatic carbocycles. The van der Waals surface area contributed by atoms with Crippen LogP contribution in [-0.4, -0.2) is 24.6 Å². The Bertz CT molecular complexity index is 877. The second-order valence-electron chi connectivity index (χ2n) is 6.61. The Balaban J connectivity index is 1.44. The molecule has 6 heteroatoms. The van der Waals surface area contributed by atoms with Gasteiger partial charge in [-0.2, -0.15) is 0 Å². The summed E-state index contributed by atoms with van der Waals surface area (Å²) in [5, 5.41) is 8.95. The molecule has 2 amide bonds. The van der Waals surface area contributed by atoms with Crippen LogP contribution in [0.1, 0.15) is 23.2 Å². The Morgan fingerprint density at radius 2 is 1.86 bits per heavy atom. The summed E-state index contributed by atoms with van der Waals surface area (Å²) in [5.74, 6) is 0. The van der Waals surface area contributed by atoms with Gasteiger partial charge in [-0.05, 0) is 36.2 Å². The molecular weight excluding hydrogens is 368 g/mol. The van der Waals surface area contributed by atoms with E-state index < -0.39 is 0 Å². The van der Waals surface area contributed by atoms with Gasteiger partial charge < -0.3 is 15.5 Å². The van der Waals surface area contributed by atoms with Gasteiger partial charge in [0.2, 0.25) is 0 Å². The van der Waals surface area contributed by atoms with Crippen molar-refractivity contribution in [3.8, 4) is 0 Å². The molecule has 0 aliphatic rings. The Kier molecular flexibility index (Phi) is 7.03. The lowest BCUT2D eigenvalue weighted by atomic mass is 10.2. The van der Waals surface area contributed by atoms with Crippen LogP contribution in [0.3, 0.4) is 0 Å². The number of amides is 2. The molecule has 28 heavy (non-hydrogen) atoms. The van der Waals surface area contributed by atoms with E-state index in [4.69, 9.17) is 0 Å². The zero-order valence-corrected chi connectivity index (χ0v) is 17.1. The number of anilines is 2. The molecular formula is C22H26N4OS. The van der Waals surface area contributed by atoms with Crippen LogP contribution in [0.2, 0.25) is 0 Å². The minimum Gasteiger partial charge on any atom is -0.370 e. The maximum atomic E-state index is 12.1. The SMILES string of the molecule is CCc1nc(CCNC(=O)Nc2ccc(N(C)Cc3ccccc3)cc2)cs1. The zero-order chi connectivity index (χ0) is 19.8. The lowest BCUT2D eigenvalue weighted by molar-refractivity contribution is 0.252. The molecule has 0 spiro atoms. The molecule has 0 radical (unpaired) electrons. The number of hydrogen-bond donors (Lipinski definition) is 2. The maximum absolute atomic E-state index is 12.1. The van der Waals surface area contributed by atoms with Crippen molar-refractivity contribution in [2.45, 2.75) is 26.3 Å². The molecule has 0 atom stereocenters. The fourth-order valence-corrected chi connectivity index (χ4v) is 3.63. The molecule has 0 fully saturated rings. The first-order valence-corrected chi connectivity index (χ1v) is 10.3. The summed E-state index contributed by atoms with van der Waals surface area (Å²) in [4.78, 5) is 18.8. The van der Waals surface area contributed by atoms with Crippen LogP contribution < -0.4 is 15.5 Å². The van der Waals surface area contributed by atoms with Gasteiger partial charge in [-0.1, -0.05) is 37.3 Å². The van der Waals surface area contributed by atoms with E-state index in [0.29, 0.717) is 6.54 Å². The number of nitrogens with one attached hydrogen (secondary N) is 2. The number of hydrogen-bond acceptors (Lipinski definition) is 4. The van der Waals surface area contributed by atoms with Gasteiger partial charge in [0.25, 0.3) is 0 Å². The summed E-state index contributed by atoms with van der Waals surface area (Å²) >= 11 is 1.67. The second-order valence-corrected chi connectivity index (χ2v) is 7.55. The highest BCUT2D eigenvalue weighted by molar-refractivity contribution is 7.09. The van der Waals surface area contributed by atoms with E-state index in [1.54, 1.807) is 11.3 Å². The van der Waals surface area contributed by atoms with Gasteiger partial charge in [-0.3, -0.25) is 0 Å². The summed E-state index contributed by atoms with van der Waals surface area (Å²) in [5.41, 5.74) is 4.17. The quantitative estimate of drug-likeness (QED) is 0.582. The molecule has 0 saturated carbocycles. The monoisotopic (exact) mass is 394 g/mol. The van der Waals surface area contributed by atoms with Gasteiger partial charge in [0.1, 0.15) is 0 Å². The lowest BCUT2D eigenvalue weighted by Gasteiger charge is -2.20. The molecule has 2 N–H and O–H groups in total. The first kappa shape index (κ1) is 19.9. The van der Waals surface area contributed by atoms with Crippen molar-refractivity contribution in [1.82, 2.24) is 10.3 Å². The Morgan fingerprint density at radius 1 is 1.11 bits per heavy atom. The number of aromatic nitrogens is 1. The van der Waals surface area contributed by atoms with E-state index >= 15 is 0 Å². The molecule has 0 unspecified atom stereocenters. The Hall–Kier alpha value is -2.86. The van der Waals surface area contributed by atoms with Gasteiger partial charge in [0.05, 0.1) is 10.7 Å². The molecule has 1 aromatic heterocycles. The van der Waals surface area contributed by atoms with Crippen molar-refractivity contribution in [3.63, 3.8) is 0 Å². The topological polar surface area (TPSA) is 57.3 Å². The van der Waals surface area contributed by atoms with Crippen molar-refractivity contribution in [2.75, 3.05) is 23.8 Å². The van der Waals surface area contributed by atoms with Gasteiger partial charge in [0.15, 0.2) is 0 Å². The predicted octanol–water partition coefficient (Wildman–Crippen LogP) is 4.71. The summed E-state index contributed by atoms with van der Waals surface area (Å²) < 4.78 is 0. The third-order valence-electron chi connectivity index (χ3n) is 4.40. The lowest BCUT2D eigenvalue weighted by Crippen LogP contribution is -2.30. The minimum atomic E-state index is -0.198. The molecule has 5 nitrogen and oxygen atoms in total. The number of carbonyl (C=O) groups excluding carboxylic acids is 1. The molecule has 0 bridgehead atoms. The van der Waals surface area contributed by atoms with E-state index in [0.717, 1.165) is 41.5 Å². The largest absolute Gasteiger partial charge is 0.370 e. The van der Waals surface area contributed by atoms with Gasteiger partial charge in [-0.15, -0.1) is 11.3 Å². The predicted molar refractivity (Wildman–Crippen MR) is 117 cm³/mol. The molecule has 0 aliphatic heterocycles. The smallest absolute Gasteiger partial charge is 0.319 e. The second kappa shape index (κ2) is 9.90. The highest BCUT2D eigenvalue weighted by Crippen LogP contribution is 2.18. The van der Waals surface area contributed by atoms with E-state index in [-0.39, 0.29) is 6.03 Å². The Morgan fingerprint density at radius 3 is 2.54 bits per heavy atom. The zero-order valence-electron chi connectivity index (χ0n) is 16.3. The normalized spacial score (nSPS) is 10.5. The number of urea groups is 1. The average molecular weight is 395 g/mol. The van der Waals surface area contributed by atoms with Crippen LogP contribution in [0.4, 0.5) is 16.2 Å².